The van der Waals surface area contributed by atoms with Gasteiger partial charge < -0.3 is 28.8 Å². The Kier molecular flexibility index (Phi) is 6.49. The lowest BCUT2D eigenvalue weighted by molar-refractivity contribution is -0.144. The fraction of sp³-hybridized carbons (Fsp3) is 0.409. The summed E-state index contributed by atoms with van der Waals surface area (Å²) in [7, 11) is 6.04. The molecule has 0 unspecified atom stereocenters. The minimum atomic E-state index is -0.656. The maximum Gasteiger partial charge on any atom is 0.317 e. The van der Waals surface area contributed by atoms with Crippen LogP contribution in [0.2, 0.25) is 0 Å². The average Bonchev–Trinajstić information content (AvgIpc) is 3.15. The number of carbonyl (C=O) groups excluding carboxylic acids is 1. The van der Waals surface area contributed by atoms with E-state index in [1.54, 1.807) is 33.5 Å². The van der Waals surface area contributed by atoms with E-state index in [0.717, 1.165) is 11.1 Å². The van der Waals surface area contributed by atoms with Gasteiger partial charge in [-0.2, -0.15) is 0 Å². The molecule has 2 atom stereocenters. The predicted molar refractivity (Wildman–Crippen MR) is 106 cm³/mol. The van der Waals surface area contributed by atoms with Crippen molar-refractivity contribution in [2.75, 3.05) is 35.0 Å². The maximum absolute atomic E-state index is 12.7. The first-order chi connectivity index (χ1) is 14.1. The number of aliphatic hydroxyl groups excluding tert-OH is 1. The molecule has 1 aliphatic rings. The molecule has 0 amide bonds. The lowest BCUT2D eigenvalue weighted by Gasteiger charge is -2.19. The van der Waals surface area contributed by atoms with Crippen LogP contribution in [0.5, 0.6) is 23.0 Å². The average molecular weight is 402 g/mol. The second kappa shape index (κ2) is 9.05. The highest BCUT2D eigenvalue weighted by molar-refractivity contribution is 5.82. The van der Waals surface area contributed by atoms with E-state index in [4.69, 9.17) is 28.8 Å². The number of benzene rings is 2. The van der Waals surface area contributed by atoms with E-state index >= 15 is 0 Å². The highest BCUT2D eigenvalue weighted by atomic mass is 16.5. The molecule has 0 spiro atoms. The van der Waals surface area contributed by atoms with Crippen molar-refractivity contribution in [3.8, 4) is 23.0 Å². The van der Waals surface area contributed by atoms with E-state index in [0.29, 0.717) is 41.4 Å². The summed E-state index contributed by atoms with van der Waals surface area (Å²) >= 11 is 0. The lowest BCUT2D eigenvalue weighted by Crippen LogP contribution is -2.20. The largest absolute Gasteiger partial charge is 0.493 e. The van der Waals surface area contributed by atoms with Gasteiger partial charge in [-0.3, -0.25) is 4.79 Å². The summed E-state index contributed by atoms with van der Waals surface area (Å²) in [4.78, 5) is 12.7. The van der Waals surface area contributed by atoms with Gasteiger partial charge in [-0.05, 0) is 42.2 Å². The van der Waals surface area contributed by atoms with Gasteiger partial charge in [0.25, 0.3) is 0 Å². The number of carbonyl (C=O) groups is 1. The second-order valence-corrected chi connectivity index (χ2v) is 6.70. The zero-order chi connectivity index (χ0) is 21.0. The van der Waals surface area contributed by atoms with Crippen molar-refractivity contribution in [2.24, 2.45) is 0 Å². The van der Waals surface area contributed by atoms with Gasteiger partial charge in [-0.25, -0.2) is 0 Å². The zero-order valence-electron chi connectivity index (χ0n) is 17.1. The van der Waals surface area contributed by atoms with Gasteiger partial charge in [0.2, 0.25) is 0 Å². The first-order valence-corrected chi connectivity index (χ1v) is 9.36. The molecule has 7 nitrogen and oxygen atoms in total. The third-order valence-electron chi connectivity index (χ3n) is 5.06. The highest BCUT2D eigenvalue weighted by Gasteiger charge is 2.43. The van der Waals surface area contributed by atoms with Crippen LogP contribution >= 0.6 is 0 Å². The lowest BCUT2D eigenvalue weighted by atomic mass is 9.89. The fourth-order valence-electron chi connectivity index (χ4n) is 3.65. The minimum absolute atomic E-state index is 0.0879. The van der Waals surface area contributed by atoms with Crippen LogP contribution in [0, 0.1) is 0 Å². The van der Waals surface area contributed by atoms with Crippen LogP contribution in [0.3, 0.4) is 0 Å². The molecule has 1 heterocycles. The fourth-order valence-corrected chi connectivity index (χ4v) is 3.65. The summed E-state index contributed by atoms with van der Waals surface area (Å²) in [6, 6.07) is 9.21. The number of ether oxygens (including phenoxy) is 5. The van der Waals surface area contributed by atoms with Crippen molar-refractivity contribution in [2.45, 2.75) is 24.9 Å². The molecular weight excluding hydrogens is 376 g/mol. The zero-order valence-corrected chi connectivity index (χ0v) is 17.1. The van der Waals surface area contributed by atoms with E-state index < -0.39 is 18.0 Å². The molecule has 0 aromatic heterocycles. The van der Waals surface area contributed by atoms with Gasteiger partial charge in [0.05, 0.1) is 28.4 Å². The standard InChI is InChI=1S/C22H26O7/c1-25-16-8-7-14(12-17(16)26-2)20-19(22(24)28-4)15-10-13(6-5-9-23)11-18(27-3)21(15)29-20/h7-8,10-12,19-20,23H,5-6,9H2,1-4H3/t19-,20+/m1/s1. The molecule has 29 heavy (non-hydrogen) atoms. The molecule has 0 radical (unpaired) electrons. The first-order valence-electron chi connectivity index (χ1n) is 9.36. The van der Waals surface area contributed by atoms with Crippen LogP contribution in [0.4, 0.5) is 0 Å². The Hall–Kier alpha value is -2.93. The topological polar surface area (TPSA) is 83.5 Å². The van der Waals surface area contributed by atoms with Crippen molar-refractivity contribution >= 4 is 5.97 Å². The number of fused-ring (bicyclic) bond motifs is 1. The third kappa shape index (κ3) is 3.96. The van der Waals surface area contributed by atoms with E-state index in [9.17, 15) is 4.79 Å². The predicted octanol–water partition coefficient (Wildman–Crippen LogP) is 3.03. The molecule has 0 saturated heterocycles. The highest BCUT2D eigenvalue weighted by Crippen LogP contribution is 2.52. The van der Waals surface area contributed by atoms with Crippen molar-refractivity contribution in [1.29, 1.82) is 0 Å². The van der Waals surface area contributed by atoms with Crippen LogP contribution in [0.15, 0.2) is 30.3 Å². The van der Waals surface area contributed by atoms with Gasteiger partial charge in [-0.15, -0.1) is 0 Å². The Bertz CT molecular complexity index is 878. The number of hydrogen-bond acceptors (Lipinski definition) is 7. The van der Waals surface area contributed by atoms with E-state index in [1.165, 1.54) is 7.11 Å². The van der Waals surface area contributed by atoms with Gasteiger partial charge in [0.15, 0.2) is 23.0 Å². The molecule has 0 fully saturated rings. The Morgan fingerprint density at radius 1 is 1.00 bits per heavy atom. The van der Waals surface area contributed by atoms with E-state index in [2.05, 4.69) is 0 Å². The van der Waals surface area contributed by atoms with Crippen molar-refractivity contribution < 1.29 is 33.6 Å². The smallest absolute Gasteiger partial charge is 0.317 e. The minimum Gasteiger partial charge on any atom is -0.493 e. The molecule has 0 bridgehead atoms. The molecule has 0 aliphatic carbocycles. The van der Waals surface area contributed by atoms with Crippen LogP contribution in [0.25, 0.3) is 0 Å². The number of aliphatic hydroxyl groups is 1. The first kappa shape index (κ1) is 20.8. The SMILES string of the molecule is COC(=O)[C@@H]1c2cc(CCCO)cc(OC)c2O[C@H]1c1ccc(OC)c(OC)c1. The Labute approximate surface area is 170 Å². The number of methoxy groups -OCH3 is 4. The molecule has 3 rings (SSSR count). The summed E-state index contributed by atoms with van der Waals surface area (Å²) < 4.78 is 27.5. The molecule has 1 N–H and O–H groups in total. The molecule has 1 aliphatic heterocycles. The number of esters is 1. The molecule has 2 aromatic rings. The number of rotatable bonds is 8. The Morgan fingerprint density at radius 3 is 2.34 bits per heavy atom. The second-order valence-electron chi connectivity index (χ2n) is 6.70. The summed E-state index contributed by atoms with van der Waals surface area (Å²) in [5, 5.41) is 9.16. The van der Waals surface area contributed by atoms with Gasteiger partial charge >= 0.3 is 5.97 Å². The van der Waals surface area contributed by atoms with E-state index in [1.807, 2.05) is 18.2 Å². The van der Waals surface area contributed by atoms with E-state index in [-0.39, 0.29) is 6.61 Å². The summed E-state index contributed by atoms with van der Waals surface area (Å²) in [5.74, 6) is 1.15. The van der Waals surface area contributed by atoms with Crippen LogP contribution in [0.1, 0.15) is 35.1 Å². The van der Waals surface area contributed by atoms with Crippen LogP contribution < -0.4 is 18.9 Å². The third-order valence-corrected chi connectivity index (χ3v) is 5.06. The summed E-state index contributed by atoms with van der Waals surface area (Å²) in [5.41, 5.74) is 2.43. The molecule has 2 aromatic carbocycles. The van der Waals surface area contributed by atoms with Gasteiger partial charge in [0, 0.05) is 12.2 Å². The molecular formula is C22H26O7. The van der Waals surface area contributed by atoms with Crippen LogP contribution in [-0.2, 0) is 16.0 Å². The summed E-state index contributed by atoms with van der Waals surface area (Å²) in [6.07, 6.45) is 0.680. The quantitative estimate of drug-likeness (QED) is 0.680. The number of hydrogen-bond donors (Lipinski definition) is 1. The molecule has 7 heteroatoms. The Balaban J connectivity index is 2.08. The van der Waals surface area contributed by atoms with Gasteiger partial charge in [0.1, 0.15) is 12.0 Å². The van der Waals surface area contributed by atoms with Crippen molar-refractivity contribution in [3.05, 3.63) is 47.0 Å². The van der Waals surface area contributed by atoms with Gasteiger partial charge in [-0.1, -0.05) is 12.1 Å². The normalized spacial score (nSPS) is 17.3. The Morgan fingerprint density at radius 2 is 1.72 bits per heavy atom. The van der Waals surface area contributed by atoms with Crippen LogP contribution in [-0.4, -0.2) is 46.1 Å². The van der Waals surface area contributed by atoms with Crippen molar-refractivity contribution in [1.82, 2.24) is 0 Å². The molecule has 0 saturated carbocycles. The molecule has 156 valence electrons. The monoisotopic (exact) mass is 402 g/mol. The number of aryl methyl sites for hydroxylation is 1. The maximum atomic E-state index is 12.7. The van der Waals surface area contributed by atoms with Crippen molar-refractivity contribution in [3.63, 3.8) is 0 Å². The summed E-state index contributed by atoms with van der Waals surface area (Å²) in [6.45, 7) is 0.0879.